The van der Waals surface area contributed by atoms with Gasteiger partial charge in [0.1, 0.15) is 0 Å². The third-order valence-electron chi connectivity index (χ3n) is 3.11. The molecule has 9 heteroatoms. The van der Waals surface area contributed by atoms with Crippen LogP contribution in [0, 0.1) is 11.7 Å². The molecule has 1 aromatic rings. The first kappa shape index (κ1) is 16.1. The van der Waals surface area contributed by atoms with Crippen molar-refractivity contribution in [2.75, 3.05) is 18.6 Å². The second-order valence-corrected chi connectivity index (χ2v) is 4.59. The number of benzene rings is 1. The minimum Gasteiger partial charge on any atom is -0.469 e. The van der Waals surface area contributed by atoms with Gasteiger partial charge in [0, 0.05) is 24.7 Å². The SMILES string of the molecule is COC(=O)C1CC(=O)N(c2ccc(OC(F)(F)F)c(F)c2)C1. The summed E-state index contributed by atoms with van der Waals surface area (Å²) in [4.78, 5) is 24.3. The van der Waals surface area contributed by atoms with Crippen molar-refractivity contribution in [1.29, 1.82) is 0 Å². The van der Waals surface area contributed by atoms with Crippen LogP contribution in [0.15, 0.2) is 18.2 Å². The van der Waals surface area contributed by atoms with Gasteiger partial charge in [-0.05, 0) is 12.1 Å². The number of carbonyl (C=O) groups excluding carboxylic acids is 2. The molecule has 1 unspecified atom stereocenters. The smallest absolute Gasteiger partial charge is 0.469 e. The summed E-state index contributed by atoms with van der Waals surface area (Å²) in [6, 6.07) is 2.64. The number of carbonyl (C=O) groups is 2. The molecule has 1 aliphatic rings. The topological polar surface area (TPSA) is 55.8 Å². The first-order chi connectivity index (χ1) is 10.2. The fourth-order valence-corrected chi connectivity index (χ4v) is 2.15. The Morgan fingerprint density at radius 2 is 2.05 bits per heavy atom. The molecule has 1 aromatic carbocycles. The van der Waals surface area contributed by atoms with Crippen LogP contribution in [0.3, 0.4) is 0 Å². The first-order valence-electron chi connectivity index (χ1n) is 6.14. The molecule has 5 nitrogen and oxygen atoms in total. The van der Waals surface area contributed by atoms with E-state index < -0.39 is 35.7 Å². The molecule has 2 rings (SSSR count). The molecule has 1 amide bonds. The second-order valence-electron chi connectivity index (χ2n) is 4.59. The lowest BCUT2D eigenvalue weighted by molar-refractivity contribution is -0.275. The van der Waals surface area contributed by atoms with Crippen LogP contribution in [0.1, 0.15) is 6.42 Å². The zero-order valence-electron chi connectivity index (χ0n) is 11.3. The minimum absolute atomic E-state index is 0.0234. The van der Waals surface area contributed by atoms with E-state index in [1.54, 1.807) is 0 Å². The van der Waals surface area contributed by atoms with Crippen LogP contribution in [-0.4, -0.2) is 31.9 Å². The summed E-state index contributed by atoms with van der Waals surface area (Å²) in [6.45, 7) is -0.0234. The summed E-state index contributed by atoms with van der Waals surface area (Å²) in [5, 5.41) is 0. The maximum atomic E-state index is 13.6. The molecule has 0 radical (unpaired) electrons. The maximum Gasteiger partial charge on any atom is 0.573 e. The van der Waals surface area contributed by atoms with E-state index >= 15 is 0 Å². The summed E-state index contributed by atoms with van der Waals surface area (Å²) in [6.07, 6.45) is -5.11. The van der Waals surface area contributed by atoms with E-state index in [9.17, 15) is 27.2 Å². The normalized spacial score (nSPS) is 18.5. The molecule has 0 aliphatic carbocycles. The molecule has 0 saturated carbocycles. The Labute approximate surface area is 122 Å². The largest absolute Gasteiger partial charge is 0.573 e. The number of anilines is 1. The van der Waals surface area contributed by atoms with E-state index in [1.807, 2.05) is 0 Å². The van der Waals surface area contributed by atoms with E-state index in [2.05, 4.69) is 9.47 Å². The molecule has 120 valence electrons. The number of ether oxygens (including phenoxy) is 2. The van der Waals surface area contributed by atoms with Crippen molar-refractivity contribution in [3.8, 4) is 5.75 Å². The number of esters is 1. The second kappa shape index (κ2) is 5.82. The zero-order chi connectivity index (χ0) is 16.5. The van der Waals surface area contributed by atoms with Crippen molar-refractivity contribution in [3.05, 3.63) is 24.0 Å². The number of alkyl halides is 3. The average molecular weight is 321 g/mol. The molecule has 1 heterocycles. The minimum atomic E-state index is -5.01. The van der Waals surface area contributed by atoms with E-state index in [1.165, 1.54) is 7.11 Å². The van der Waals surface area contributed by atoms with Gasteiger partial charge in [-0.1, -0.05) is 0 Å². The Hall–Kier alpha value is -2.32. The highest BCUT2D eigenvalue weighted by Gasteiger charge is 2.37. The highest BCUT2D eigenvalue weighted by Crippen LogP contribution is 2.31. The molecule has 1 fully saturated rings. The summed E-state index contributed by atoms with van der Waals surface area (Å²) in [5.41, 5.74) is 0.0448. The first-order valence-corrected chi connectivity index (χ1v) is 6.14. The van der Waals surface area contributed by atoms with Crippen LogP contribution >= 0.6 is 0 Å². The van der Waals surface area contributed by atoms with Gasteiger partial charge in [-0.3, -0.25) is 9.59 Å². The molecule has 0 spiro atoms. The molecule has 1 aliphatic heterocycles. The van der Waals surface area contributed by atoms with E-state index in [0.717, 1.165) is 23.1 Å². The standard InChI is InChI=1S/C13H11F4NO4/c1-21-12(20)7-4-11(19)18(6-7)8-2-3-10(9(14)5-8)22-13(15,16)17/h2-3,5,7H,4,6H2,1H3. The van der Waals surface area contributed by atoms with Gasteiger partial charge in [0.15, 0.2) is 11.6 Å². The number of hydrogen-bond donors (Lipinski definition) is 0. The summed E-state index contributed by atoms with van der Waals surface area (Å²) in [7, 11) is 1.18. The molecule has 0 aromatic heterocycles. The molecular weight excluding hydrogens is 310 g/mol. The van der Waals surface area contributed by atoms with Gasteiger partial charge in [0.05, 0.1) is 13.0 Å². The zero-order valence-corrected chi connectivity index (χ0v) is 11.3. The van der Waals surface area contributed by atoms with Crippen molar-refractivity contribution in [3.63, 3.8) is 0 Å². The lowest BCUT2D eigenvalue weighted by Crippen LogP contribution is -2.26. The number of nitrogens with zero attached hydrogens (tertiary/aromatic N) is 1. The number of rotatable bonds is 3. The van der Waals surface area contributed by atoms with Crippen molar-refractivity contribution in [2.24, 2.45) is 5.92 Å². The fourth-order valence-electron chi connectivity index (χ4n) is 2.15. The van der Waals surface area contributed by atoms with Gasteiger partial charge in [0.25, 0.3) is 0 Å². The summed E-state index contributed by atoms with van der Waals surface area (Å²) >= 11 is 0. The van der Waals surface area contributed by atoms with Crippen LogP contribution in [0.25, 0.3) is 0 Å². The quantitative estimate of drug-likeness (QED) is 0.633. The monoisotopic (exact) mass is 321 g/mol. The number of halogens is 4. The van der Waals surface area contributed by atoms with Gasteiger partial charge >= 0.3 is 12.3 Å². The van der Waals surface area contributed by atoms with Crippen LogP contribution in [0.5, 0.6) is 5.75 Å². The maximum absolute atomic E-state index is 13.6. The predicted octanol–water partition coefficient (Wildman–Crippen LogP) is 2.25. The van der Waals surface area contributed by atoms with E-state index in [4.69, 9.17) is 0 Å². The van der Waals surface area contributed by atoms with Crippen molar-refractivity contribution >= 4 is 17.6 Å². The molecule has 0 bridgehead atoms. The van der Waals surface area contributed by atoms with Gasteiger partial charge in [-0.25, -0.2) is 4.39 Å². The fraction of sp³-hybridized carbons (Fsp3) is 0.385. The van der Waals surface area contributed by atoms with E-state index in [0.29, 0.717) is 0 Å². The summed E-state index contributed by atoms with van der Waals surface area (Å²) in [5.74, 6) is -3.96. The Kier molecular flexibility index (Phi) is 4.25. The lowest BCUT2D eigenvalue weighted by atomic mass is 10.1. The highest BCUT2D eigenvalue weighted by molar-refractivity contribution is 5.99. The Morgan fingerprint density at radius 1 is 1.36 bits per heavy atom. The number of amides is 1. The average Bonchev–Trinajstić information content (AvgIpc) is 2.81. The third kappa shape index (κ3) is 3.46. The van der Waals surface area contributed by atoms with Crippen LogP contribution in [0.4, 0.5) is 23.2 Å². The highest BCUT2D eigenvalue weighted by atomic mass is 19.4. The molecule has 1 saturated heterocycles. The van der Waals surface area contributed by atoms with Gasteiger partial charge < -0.3 is 14.4 Å². The van der Waals surface area contributed by atoms with Crippen LogP contribution < -0.4 is 9.64 Å². The van der Waals surface area contributed by atoms with Crippen LogP contribution in [0.2, 0.25) is 0 Å². The molecule has 0 N–H and O–H groups in total. The van der Waals surface area contributed by atoms with Crippen molar-refractivity contribution < 1.29 is 36.6 Å². The Morgan fingerprint density at radius 3 is 2.59 bits per heavy atom. The van der Waals surface area contributed by atoms with Crippen molar-refractivity contribution in [2.45, 2.75) is 12.8 Å². The lowest BCUT2D eigenvalue weighted by Gasteiger charge is -2.17. The third-order valence-corrected chi connectivity index (χ3v) is 3.11. The predicted molar refractivity (Wildman–Crippen MR) is 65.6 cm³/mol. The molecular formula is C13H11F4NO4. The number of methoxy groups -OCH3 is 1. The van der Waals surface area contributed by atoms with E-state index in [-0.39, 0.29) is 18.7 Å². The van der Waals surface area contributed by atoms with Gasteiger partial charge in [0.2, 0.25) is 5.91 Å². The Balaban J connectivity index is 2.18. The van der Waals surface area contributed by atoms with Crippen LogP contribution in [-0.2, 0) is 14.3 Å². The molecule has 22 heavy (non-hydrogen) atoms. The molecule has 1 atom stereocenters. The summed E-state index contributed by atoms with van der Waals surface area (Å²) < 4.78 is 57.8. The number of hydrogen-bond acceptors (Lipinski definition) is 4. The van der Waals surface area contributed by atoms with Gasteiger partial charge in [-0.2, -0.15) is 0 Å². The van der Waals surface area contributed by atoms with Crippen molar-refractivity contribution in [1.82, 2.24) is 0 Å². The van der Waals surface area contributed by atoms with Gasteiger partial charge in [-0.15, -0.1) is 13.2 Å². The Bertz CT molecular complexity index is 602.